The number of nitrogens with one attached hydrogen (secondary N) is 3. The minimum Gasteiger partial charge on any atom is -0.489 e. The lowest BCUT2D eigenvalue weighted by Gasteiger charge is -2.11. The smallest absolute Gasteiger partial charge is 0.329 e. The van der Waals surface area contributed by atoms with E-state index in [0.29, 0.717) is 28.6 Å². The van der Waals surface area contributed by atoms with E-state index in [2.05, 4.69) is 21.2 Å². The fourth-order valence-corrected chi connectivity index (χ4v) is 3.43. The maximum atomic E-state index is 12.7. The predicted octanol–water partition coefficient (Wildman–Crippen LogP) is 5.26. The summed E-state index contributed by atoms with van der Waals surface area (Å²) in [5.41, 5.74) is 4.82. The van der Waals surface area contributed by atoms with Crippen LogP contribution in [-0.4, -0.2) is 23.9 Å². The number of benzene rings is 4. The van der Waals surface area contributed by atoms with Crippen LogP contribution in [0, 0.1) is 0 Å². The van der Waals surface area contributed by atoms with Gasteiger partial charge in [0.25, 0.3) is 5.91 Å². The molecule has 0 fully saturated rings. The summed E-state index contributed by atoms with van der Waals surface area (Å²) >= 11 is 5.87. The van der Waals surface area contributed by atoms with Crippen molar-refractivity contribution < 1.29 is 19.1 Å². The second kappa shape index (κ2) is 12.8. The Balaban J connectivity index is 1.29. The number of halogens is 1. The van der Waals surface area contributed by atoms with Crippen LogP contribution in [0.2, 0.25) is 5.02 Å². The van der Waals surface area contributed by atoms with E-state index in [1.165, 1.54) is 18.3 Å². The molecule has 0 aromatic heterocycles. The molecular weight excluding hydrogens is 504 g/mol. The van der Waals surface area contributed by atoms with Gasteiger partial charge in [-0.1, -0.05) is 54.1 Å². The summed E-state index contributed by atoms with van der Waals surface area (Å²) in [5.74, 6) is -1.73. The van der Waals surface area contributed by atoms with Crippen LogP contribution in [0.3, 0.4) is 0 Å². The molecule has 0 bridgehead atoms. The first-order chi connectivity index (χ1) is 18.5. The Bertz CT molecular complexity index is 1440. The summed E-state index contributed by atoms with van der Waals surface area (Å²) in [5, 5.41) is 9.53. The van der Waals surface area contributed by atoms with Gasteiger partial charge in [-0.3, -0.25) is 14.4 Å². The van der Waals surface area contributed by atoms with Crippen molar-refractivity contribution in [2.45, 2.75) is 6.61 Å². The summed E-state index contributed by atoms with van der Waals surface area (Å²) < 4.78 is 5.74. The summed E-state index contributed by atoms with van der Waals surface area (Å²) in [7, 11) is 0. The molecule has 0 radical (unpaired) electrons. The highest BCUT2D eigenvalue weighted by atomic mass is 35.5. The van der Waals surface area contributed by atoms with Gasteiger partial charge in [-0.2, -0.15) is 5.10 Å². The minimum absolute atomic E-state index is 0.175. The number of hydrogen-bond acceptors (Lipinski definition) is 5. The van der Waals surface area contributed by atoms with Crippen molar-refractivity contribution in [3.63, 3.8) is 0 Å². The molecule has 0 saturated carbocycles. The summed E-state index contributed by atoms with van der Waals surface area (Å²) in [6.45, 7) is 0.450. The number of rotatable bonds is 8. The van der Waals surface area contributed by atoms with Crippen LogP contribution in [0.1, 0.15) is 21.5 Å². The number of hydrogen-bond donors (Lipinski definition) is 3. The average Bonchev–Trinajstić information content (AvgIpc) is 2.94. The molecule has 4 aromatic rings. The molecule has 0 heterocycles. The molecule has 0 aliphatic heterocycles. The molecule has 4 aromatic carbocycles. The van der Waals surface area contributed by atoms with Crippen molar-refractivity contribution in [3.8, 4) is 5.75 Å². The van der Waals surface area contributed by atoms with E-state index in [4.69, 9.17) is 16.3 Å². The van der Waals surface area contributed by atoms with Crippen LogP contribution in [0.15, 0.2) is 108 Å². The fourth-order valence-electron chi connectivity index (χ4n) is 3.31. The minimum atomic E-state index is -0.989. The highest BCUT2D eigenvalue weighted by Gasteiger charge is 2.17. The normalized spacial score (nSPS) is 10.6. The van der Waals surface area contributed by atoms with Gasteiger partial charge >= 0.3 is 11.8 Å². The van der Waals surface area contributed by atoms with Gasteiger partial charge in [0.1, 0.15) is 12.4 Å². The van der Waals surface area contributed by atoms with Crippen LogP contribution in [0.4, 0.5) is 11.4 Å². The number of ether oxygens (including phenoxy) is 1. The maximum absolute atomic E-state index is 12.7. The Morgan fingerprint density at radius 1 is 0.763 bits per heavy atom. The molecule has 0 atom stereocenters. The van der Waals surface area contributed by atoms with E-state index in [-0.39, 0.29) is 11.3 Å². The average molecular weight is 527 g/mol. The van der Waals surface area contributed by atoms with Crippen LogP contribution < -0.4 is 20.8 Å². The third kappa shape index (κ3) is 7.52. The van der Waals surface area contributed by atoms with E-state index in [1.54, 1.807) is 60.7 Å². The summed E-state index contributed by atoms with van der Waals surface area (Å²) in [4.78, 5) is 37.4. The van der Waals surface area contributed by atoms with Crippen molar-refractivity contribution >= 4 is 46.9 Å². The lowest BCUT2D eigenvalue weighted by Crippen LogP contribution is -2.33. The molecule has 190 valence electrons. The number of amides is 3. The molecule has 0 aliphatic rings. The Hall–Kier alpha value is -4.95. The quantitative estimate of drug-likeness (QED) is 0.165. The number of para-hydroxylation sites is 1. The molecule has 38 heavy (non-hydrogen) atoms. The standard InChI is InChI=1S/C29H23ClN4O4/c30-22-12-14-23(15-13-22)32-27(35)25-8-4-5-9-26(25)33-28(36)29(37)34-31-18-20-10-16-24(17-11-20)38-19-21-6-2-1-3-7-21/h1-18H,19H2,(H,32,35)(H,33,36)(H,34,37). The van der Waals surface area contributed by atoms with Gasteiger partial charge in [0, 0.05) is 10.7 Å². The first kappa shape index (κ1) is 26.1. The second-order valence-corrected chi connectivity index (χ2v) is 8.44. The molecule has 0 unspecified atom stereocenters. The molecule has 3 N–H and O–H groups in total. The number of carbonyl (C=O) groups excluding carboxylic acids is 3. The van der Waals surface area contributed by atoms with E-state index in [9.17, 15) is 14.4 Å². The first-order valence-corrected chi connectivity index (χ1v) is 11.9. The van der Waals surface area contributed by atoms with Crippen molar-refractivity contribution in [1.82, 2.24) is 5.43 Å². The van der Waals surface area contributed by atoms with Crippen molar-refractivity contribution in [2.24, 2.45) is 5.10 Å². The van der Waals surface area contributed by atoms with E-state index in [1.807, 2.05) is 30.3 Å². The van der Waals surface area contributed by atoms with Gasteiger partial charge in [-0.05, 0) is 71.8 Å². The third-order valence-electron chi connectivity index (χ3n) is 5.24. The largest absolute Gasteiger partial charge is 0.489 e. The van der Waals surface area contributed by atoms with Crippen molar-refractivity contribution in [3.05, 3.63) is 125 Å². The monoisotopic (exact) mass is 526 g/mol. The van der Waals surface area contributed by atoms with Crippen molar-refractivity contribution in [1.29, 1.82) is 0 Å². The summed E-state index contributed by atoms with van der Waals surface area (Å²) in [6.07, 6.45) is 1.40. The van der Waals surface area contributed by atoms with Gasteiger partial charge in [-0.15, -0.1) is 0 Å². The Labute approximate surface area is 224 Å². The third-order valence-corrected chi connectivity index (χ3v) is 5.49. The van der Waals surface area contributed by atoms with Crippen molar-refractivity contribution in [2.75, 3.05) is 10.6 Å². The van der Waals surface area contributed by atoms with Gasteiger partial charge in [-0.25, -0.2) is 5.43 Å². The number of carbonyl (C=O) groups is 3. The van der Waals surface area contributed by atoms with Crippen LogP contribution in [-0.2, 0) is 16.2 Å². The van der Waals surface area contributed by atoms with Crippen LogP contribution in [0.25, 0.3) is 0 Å². The highest BCUT2D eigenvalue weighted by molar-refractivity contribution is 6.40. The number of hydrazone groups is 1. The molecule has 0 aliphatic carbocycles. The SMILES string of the molecule is O=C(NN=Cc1ccc(OCc2ccccc2)cc1)C(=O)Nc1ccccc1C(=O)Nc1ccc(Cl)cc1. The molecular formula is C29H23ClN4O4. The summed E-state index contributed by atoms with van der Waals surface area (Å²) in [6, 6.07) is 29.8. The van der Waals surface area contributed by atoms with Gasteiger partial charge in [0.15, 0.2) is 0 Å². The van der Waals surface area contributed by atoms with Crippen LogP contribution >= 0.6 is 11.6 Å². The van der Waals surface area contributed by atoms with Gasteiger partial charge in [0.05, 0.1) is 17.5 Å². The van der Waals surface area contributed by atoms with Gasteiger partial charge in [0.2, 0.25) is 0 Å². The maximum Gasteiger partial charge on any atom is 0.329 e. The Morgan fingerprint density at radius 3 is 2.18 bits per heavy atom. The zero-order valence-corrected chi connectivity index (χ0v) is 20.8. The zero-order valence-electron chi connectivity index (χ0n) is 20.1. The van der Waals surface area contributed by atoms with E-state index in [0.717, 1.165) is 5.56 Å². The van der Waals surface area contributed by atoms with E-state index >= 15 is 0 Å². The predicted molar refractivity (Wildman–Crippen MR) is 147 cm³/mol. The van der Waals surface area contributed by atoms with Crippen LogP contribution in [0.5, 0.6) is 5.75 Å². The first-order valence-electron chi connectivity index (χ1n) is 11.5. The topological polar surface area (TPSA) is 109 Å². The zero-order chi connectivity index (χ0) is 26.7. The lowest BCUT2D eigenvalue weighted by molar-refractivity contribution is -0.136. The molecule has 0 saturated heterocycles. The molecule has 3 amide bonds. The highest BCUT2D eigenvalue weighted by Crippen LogP contribution is 2.19. The number of nitrogens with zero attached hydrogens (tertiary/aromatic N) is 1. The fraction of sp³-hybridized carbons (Fsp3) is 0.0345. The Morgan fingerprint density at radius 2 is 1.45 bits per heavy atom. The number of anilines is 2. The molecule has 0 spiro atoms. The van der Waals surface area contributed by atoms with E-state index < -0.39 is 17.7 Å². The van der Waals surface area contributed by atoms with Gasteiger partial charge < -0.3 is 15.4 Å². The molecule has 8 nitrogen and oxygen atoms in total. The second-order valence-electron chi connectivity index (χ2n) is 8.00. The lowest BCUT2D eigenvalue weighted by atomic mass is 10.1. The Kier molecular flexibility index (Phi) is 8.83. The molecule has 9 heteroatoms. The molecule has 4 rings (SSSR count).